The molecule has 4 nitrogen and oxygen atoms in total. The van der Waals surface area contributed by atoms with Crippen molar-refractivity contribution in [1.82, 2.24) is 4.98 Å². The third-order valence-electron chi connectivity index (χ3n) is 10.8. The van der Waals surface area contributed by atoms with E-state index >= 15 is 35.1 Å². The largest absolute Gasteiger partial charge is 0.454 e. The summed E-state index contributed by atoms with van der Waals surface area (Å²) < 4.78 is 302. The molecule has 25 heteroatoms. The van der Waals surface area contributed by atoms with Gasteiger partial charge >= 0.3 is 11.7 Å². The van der Waals surface area contributed by atoms with Crippen molar-refractivity contribution in [2.75, 3.05) is 0 Å². The second kappa shape index (κ2) is 19.3. The first-order valence-electron chi connectivity index (χ1n) is 18.8. The maximum absolute atomic E-state index is 15.4. The zero-order valence-electron chi connectivity index (χ0n) is 32.8. The maximum atomic E-state index is 15.4. The molecule has 0 aliphatic heterocycles. The Balaban J connectivity index is 0.000000279. The van der Waals surface area contributed by atoms with E-state index in [1.807, 2.05) is 41.1 Å². The van der Waals surface area contributed by atoms with Crippen LogP contribution in [0.4, 0.5) is 87.8 Å². The number of carbonyl (C=O) groups excluding carboxylic acids is 1. The summed E-state index contributed by atoms with van der Waals surface area (Å²) in [4.78, 5) is 16.5. The van der Waals surface area contributed by atoms with Crippen LogP contribution in [0.2, 0.25) is 0 Å². The van der Waals surface area contributed by atoms with Gasteiger partial charge in [-0.05, 0) is 25.7 Å². The topological polar surface area (TPSA) is 43.1 Å². The SMILES string of the molecule is Fc1c(F)c(F)c([B-](c2c(F)c(F)c(F)c(F)c2F)(c2c(F)c(F)c(F)c(F)c2F)c2c(F)c(F)c(F)c(F)c2F)c(F)c1F.O=C(OC1CCCCC1)c1cncc[n+]1Cc1ccccc1. The number of hydrogen-bond acceptors (Lipinski definition) is 3. The molecule has 6 aromatic rings. The van der Waals surface area contributed by atoms with Gasteiger partial charge in [0.2, 0.25) is 0 Å². The molecule has 5 aromatic carbocycles. The number of esters is 1. The van der Waals surface area contributed by atoms with E-state index in [-0.39, 0.29) is 12.1 Å². The van der Waals surface area contributed by atoms with Gasteiger partial charge in [0.05, 0.1) is 6.20 Å². The first kappa shape index (κ1) is 49.7. The Labute approximate surface area is 362 Å². The summed E-state index contributed by atoms with van der Waals surface area (Å²) in [7, 11) is 0. The monoisotopic (exact) mass is 976 g/mol. The molecule has 1 aliphatic rings. The normalized spacial score (nSPS) is 13.1. The standard InChI is InChI=1S/C24BF20.C18H21N2O2/c26-5-1(6(27)14(35)21(42)13(5)34)25(2-7(28)15(36)22(43)16(37)8(2)29,3-9(30)17(38)23(44)18(39)10(3)31)4-11(32)19(40)24(45)20(41)12(4)33;21-18(22-16-9-5-2-6-10-16)17-13-19-11-12-20(17)14-15-7-3-1-4-8-15/h;1,3-4,7-8,11-13,16H,2,5-6,9-10,14H2/q-1;+1. The second-order valence-electron chi connectivity index (χ2n) is 14.5. The Bertz CT molecular complexity index is 2550. The van der Waals surface area contributed by atoms with Crippen molar-refractivity contribution in [3.8, 4) is 0 Å². The summed E-state index contributed by atoms with van der Waals surface area (Å²) in [6.07, 6.45) is 3.45. The van der Waals surface area contributed by atoms with Crippen LogP contribution in [0, 0.1) is 116 Å². The molecule has 1 aliphatic carbocycles. The van der Waals surface area contributed by atoms with Gasteiger partial charge in [-0.3, -0.25) is 4.98 Å². The summed E-state index contributed by atoms with van der Waals surface area (Å²) in [5.74, 6) is -71.7. The lowest BCUT2D eigenvalue weighted by atomic mass is 9.12. The highest BCUT2D eigenvalue weighted by molar-refractivity contribution is 7.20. The third kappa shape index (κ3) is 8.40. The van der Waals surface area contributed by atoms with Crippen molar-refractivity contribution in [3.05, 3.63) is 177 Å². The molecule has 7 rings (SSSR count). The van der Waals surface area contributed by atoms with Crippen LogP contribution in [0.25, 0.3) is 0 Å². The molecule has 0 N–H and O–H groups in total. The number of benzene rings is 5. The molecule has 354 valence electrons. The number of aromatic nitrogens is 2. The Kier molecular flexibility index (Phi) is 14.3. The number of halogens is 20. The van der Waals surface area contributed by atoms with Gasteiger partial charge in [0.1, 0.15) is 65.0 Å². The van der Waals surface area contributed by atoms with Crippen LogP contribution in [-0.4, -0.2) is 23.2 Å². The molecule has 1 heterocycles. The summed E-state index contributed by atoms with van der Waals surface area (Å²) in [6.45, 7) is 0.637. The van der Waals surface area contributed by atoms with Crippen LogP contribution in [0.1, 0.15) is 48.2 Å². The molecule has 1 aromatic heterocycles. The minimum Gasteiger partial charge on any atom is -0.454 e. The predicted molar refractivity (Wildman–Crippen MR) is 191 cm³/mol. The molecule has 1 saturated carbocycles. The van der Waals surface area contributed by atoms with Gasteiger partial charge in [-0.1, -0.05) is 36.8 Å². The number of hydrogen-bond donors (Lipinski definition) is 0. The fourth-order valence-corrected chi connectivity index (χ4v) is 7.74. The molecule has 0 atom stereocenters. The van der Waals surface area contributed by atoms with Crippen LogP contribution in [0.5, 0.6) is 0 Å². The maximum Gasteiger partial charge on any atom is 0.405 e. The van der Waals surface area contributed by atoms with E-state index in [1.54, 1.807) is 12.4 Å². The smallest absolute Gasteiger partial charge is 0.405 e. The van der Waals surface area contributed by atoms with Crippen molar-refractivity contribution in [3.63, 3.8) is 0 Å². The molecule has 0 amide bonds. The number of nitrogens with zero attached hydrogens (tertiary/aromatic N) is 2. The lowest BCUT2D eigenvalue weighted by Gasteiger charge is -2.44. The predicted octanol–water partition coefficient (Wildman–Crippen LogP) is 8.75. The Morgan fingerprint density at radius 1 is 0.478 bits per heavy atom. The van der Waals surface area contributed by atoms with Crippen LogP contribution >= 0.6 is 0 Å². The lowest BCUT2D eigenvalue weighted by Crippen LogP contribution is -2.81. The second-order valence-corrected chi connectivity index (χ2v) is 14.5. The fourth-order valence-electron chi connectivity index (χ4n) is 7.74. The minimum atomic E-state index is -7.22. The van der Waals surface area contributed by atoms with E-state index in [0.29, 0.717) is 12.2 Å². The lowest BCUT2D eigenvalue weighted by molar-refractivity contribution is -0.691. The summed E-state index contributed by atoms with van der Waals surface area (Å²) in [6, 6.07) is 10.1. The first-order chi connectivity index (χ1) is 31.5. The molecular formula is C42H21BF20N2O2. The highest BCUT2D eigenvalue weighted by Gasteiger charge is 2.52. The molecule has 0 bridgehead atoms. The fraction of sp³-hybridized carbons (Fsp3) is 0.167. The Morgan fingerprint density at radius 3 is 1.12 bits per heavy atom. The van der Waals surface area contributed by atoms with E-state index in [4.69, 9.17) is 4.74 Å². The van der Waals surface area contributed by atoms with Gasteiger partial charge < -0.3 is 4.74 Å². The number of ether oxygens (including phenoxy) is 1. The quantitative estimate of drug-likeness (QED) is 0.0383. The van der Waals surface area contributed by atoms with Crippen molar-refractivity contribution in [1.29, 1.82) is 0 Å². The summed E-state index contributed by atoms with van der Waals surface area (Å²) in [5.41, 5.74) is -12.7. The van der Waals surface area contributed by atoms with Gasteiger partial charge in [-0.15, -0.1) is 21.9 Å². The number of rotatable bonds is 8. The van der Waals surface area contributed by atoms with Gasteiger partial charge in [0, 0.05) is 5.56 Å². The van der Waals surface area contributed by atoms with Crippen molar-refractivity contribution in [2.45, 2.75) is 44.8 Å². The van der Waals surface area contributed by atoms with E-state index in [9.17, 15) is 57.5 Å². The average Bonchev–Trinajstić information content (AvgIpc) is 3.32. The molecule has 0 saturated heterocycles. The minimum absolute atomic E-state index is 0.0617. The summed E-state index contributed by atoms with van der Waals surface area (Å²) in [5, 5.41) is 0. The zero-order chi connectivity index (χ0) is 49.6. The molecule has 1 fully saturated rings. The van der Waals surface area contributed by atoms with E-state index < -0.39 is 144 Å². The first-order valence-corrected chi connectivity index (χ1v) is 18.8. The average molecular weight is 976 g/mol. The molecule has 0 unspecified atom stereocenters. The molecular weight excluding hydrogens is 955 g/mol. The molecule has 0 spiro atoms. The van der Waals surface area contributed by atoms with Crippen LogP contribution in [-0.2, 0) is 11.3 Å². The van der Waals surface area contributed by atoms with Gasteiger partial charge in [0.25, 0.3) is 0 Å². The highest BCUT2D eigenvalue weighted by Crippen LogP contribution is 2.31. The Morgan fingerprint density at radius 2 is 0.791 bits per heavy atom. The van der Waals surface area contributed by atoms with Crippen molar-refractivity contribution in [2.24, 2.45) is 0 Å². The van der Waals surface area contributed by atoms with Gasteiger partial charge in [-0.25, -0.2) is 92.6 Å². The van der Waals surface area contributed by atoms with E-state index in [2.05, 4.69) is 4.98 Å². The van der Waals surface area contributed by atoms with Gasteiger partial charge in [0.15, 0.2) is 82.5 Å². The number of carbonyl (C=O) groups is 1. The van der Waals surface area contributed by atoms with Crippen LogP contribution in [0.3, 0.4) is 0 Å². The molecule has 0 radical (unpaired) electrons. The van der Waals surface area contributed by atoms with E-state index in [1.165, 1.54) is 6.42 Å². The van der Waals surface area contributed by atoms with Crippen LogP contribution < -0.4 is 26.4 Å². The van der Waals surface area contributed by atoms with Gasteiger partial charge in [-0.2, -0.15) is 4.57 Å². The zero-order valence-corrected chi connectivity index (χ0v) is 32.8. The Hall–Kier alpha value is -6.69. The van der Waals surface area contributed by atoms with Crippen molar-refractivity contribution < 1.29 is 102 Å². The van der Waals surface area contributed by atoms with Crippen molar-refractivity contribution >= 4 is 34.0 Å². The summed E-state index contributed by atoms with van der Waals surface area (Å²) >= 11 is 0. The van der Waals surface area contributed by atoms with E-state index in [0.717, 1.165) is 31.2 Å². The highest BCUT2D eigenvalue weighted by atomic mass is 19.2. The van der Waals surface area contributed by atoms with Crippen LogP contribution in [0.15, 0.2) is 48.9 Å². The third-order valence-corrected chi connectivity index (χ3v) is 10.8. The molecule has 67 heavy (non-hydrogen) atoms.